The number of nitrogens with zero attached hydrogens (tertiary/aromatic N) is 2. The third-order valence-corrected chi connectivity index (χ3v) is 2.22. The maximum atomic E-state index is 13.1. The molecule has 0 unspecified atom stereocenters. The van der Waals surface area contributed by atoms with Crippen molar-refractivity contribution in [3.05, 3.63) is 42.0 Å². The maximum Gasteiger partial charge on any atom is 0.207 e. The molecule has 2 rings (SSSR count). The van der Waals surface area contributed by atoms with Crippen molar-refractivity contribution in [1.82, 2.24) is 9.55 Å². The highest BCUT2D eigenvalue weighted by atomic mass is 19.2. The van der Waals surface area contributed by atoms with Crippen LogP contribution in [0.25, 0.3) is 5.69 Å². The van der Waals surface area contributed by atoms with E-state index in [2.05, 4.69) is 10.3 Å². The Morgan fingerprint density at radius 1 is 1.24 bits per heavy atom. The molecule has 2 aromatic rings. The van der Waals surface area contributed by atoms with Gasteiger partial charge in [0.15, 0.2) is 17.5 Å². The average molecular weight is 241 g/mol. The van der Waals surface area contributed by atoms with E-state index in [1.807, 2.05) is 6.92 Å². The third kappa shape index (κ3) is 2.11. The molecule has 0 atom stereocenters. The van der Waals surface area contributed by atoms with Crippen molar-refractivity contribution in [2.24, 2.45) is 0 Å². The van der Waals surface area contributed by atoms with Gasteiger partial charge in [-0.3, -0.25) is 4.57 Å². The van der Waals surface area contributed by atoms with Gasteiger partial charge in [-0.25, -0.2) is 18.2 Å². The van der Waals surface area contributed by atoms with Crippen LogP contribution in [0.1, 0.15) is 6.92 Å². The van der Waals surface area contributed by atoms with E-state index in [0.29, 0.717) is 12.5 Å². The Hall–Kier alpha value is -1.98. The number of hydrogen-bond acceptors (Lipinski definition) is 2. The van der Waals surface area contributed by atoms with Crippen LogP contribution in [0.4, 0.5) is 19.1 Å². The Labute approximate surface area is 95.9 Å². The van der Waals surface area contributed by atoms with Crippen LogP contribution in [0.5, 0.6) is 0 Å². The number of hydrogen-bond donors (Lipinski definition) is 1. The van der Waals surface area contributed by atoms with E-state index in [4.69, 9.17) is 0 Å². The topological polar surface area (TPSA) is 29.9 Å². The molecule has 0 spiro atoms. The molecule has 0 radical (unpaired) electrons. The summed E-state index contributed by atoms with van der Waals surface area (Å²) in [7, 11) is 0. The van der Waals surface area contributed by atoms with Crippen LogP contribution in [0, 0.1) is 17.5 Å². The van der Waals surface area contributed by atoms with Gasteiger partial charge >= 0.3 is 0 Å². The summed E-state index contributed by atoms with van der Waals surface area (Å²) < 4.78 is 40.4. The van der Waals surface area contributed by atoms with Gasteiger partial charge in [0.05, 0.1) is 5.69 Å². The molecule has 0 saturated carbocycles. The maximum absolute atomic E-state index is 13.1. The van der Waals surface area contributed by atoms with E-state index in [1.165, 1.54) is 17.0 Å². The lowest BCUT2D eigenvalue weighted by Gasteiger charge is -2.09. The second-order valence-electron chi connectivity index (χ2n) is 3.37. The zero-order chi connectivity index (χ0) is 12.4. The van der Waals surface area contributed by atoms with Crippen LogP contribution in [-0.2, 0) is 0 Å². The van der Waals surface area contributed by atoms with E-state index in [-0.39, 0.29) is 5.69 Å². The summed E-state index contributed by atoms with van der Waals surface area (Å²) in [6, 6.07) is 1.84. The van der Waals surface area contributed by atoms with Crippen LogP contribution >= 0.6 is 0 Å². The molecule has 0 saturated heterocycles. The standard InChI is InChI=1S/C11H10F3N3/c1-2-15-11-16-3-4-17(11)7-5-8(12)10(14)9(13)6-7/h3-6H,2H2,1H3,(H,15,16). The van der Waals surface area contributed by atoms with Crippen molar-refractivity contribution in [3.8, 4) is 5.69 Å². The fourth-order valence-corrected chi connectivity index (χ4v) is 1.48. The van der Waals surface area contributed by atoms with Gasteiger partial charge < -0.3 is 5.32 Å². The predicted octanol–water partition coefficient (Wildman–Crippen LogP) is 2.72. The molecule has 1 aromatic carbocycles. The second kappa shape index (κ2) is 4.48. The minimum Gasteiger partial charge on any atom is -0.356 e. The first kappa shape index (κ1) is 11.5. The van der Waals surface area contributed by atoms with Gasteiger partial charge in [-0.2, -0.15) is 0 Å². The van der Waals surface area contributed by atoms with Crippen molar-refractivity contribution in [1.29, 1.82) is 0 Å². The Morgan fingerprint density at radius 2 is 1.88 bits per heavy atom. The number of imidazole rings is 1. The van der Waals surface area contributed by atoms with Crippen molar-refractivity contribution >= 4 is 5.95 Å². The van der Waals surface area contributed by atoms with Crippen LogP contribution in [-0.4, -0.2) is 16.1 Å². The number of nitrogens with one attached hydrogen (secondary N) is 1. The van der Waals surface area contributed by atoms with Crippen molar-refractivity contribution in [2.75, 3.05) is 11.9 Å². The van der Waals surface area contributed by atoms with Crippen molar-refractivity contribution in [2.45, 2.75) is 6.92 Å². The first-order valence-electron chi connectivity index (χ1n) is 5.05. The van der Waals surface area contributed by atoms with Crippen molar-refractivity contribution < 1.29 is 13.2 Å². The number of aromatic nitrogens is 2. The predicted molar refractivity (Wildman–Crippen MR) is 57.6 cm³/mol. The number of rotatable bonds is 3. The van der Waals surface area contributed by atoms with Gasteiger partial charge in [0, 0.05) is 31.1 Å². The van der Waals surface area contributed by atoms with Gasteiger partial charge in [0.25, 0.3) is 0 Å². The van der Waals surface area contributed by atoms with E-state index in [9.17, 15) is 13.2 Å². The summed E-state index contributed by atoms with van der Waals surface area (Å²) in [6.45, 7) is 2.48. The van der Waals surface area contributed by atoms with E-state index >= 15 is 0 Å². The molecule has 0 amide bonds. The van der Waals surface area contributed by atoms with Gasteiger partial charge in [-0.1, -0.05) is 0 Å². The number of benzene rings is 1. The molecule has 1 aromatic heterocycles. The summed E-state index contributed by atoms with van der Waals surface area (Å²) in [5.41, 5.74) is 0.176. The van der Waals surface area contributed by atoms with E-state index in [1.54, 1.807) is 0 Å². The fraction of sp³-hybridized carbons (Fsp3) is 0.182. The number of anilines is 1. The fourth-order valence-electron chi connectivity index (χ4n) is 1.48. The van der Waals surface area contributed by atoms with Crippen LogP contribution in [0.2, 0.25) is 0 Å². The quantitative estimate of drug-likeness (QED) is 0.837. The molecule has 0 bridgehead atoms. The Morgan fingerprint density at radius 3 is 2.47 bits per heavy atom. The van der Waals surface area contributed by atoms with Crippen LogP contribution < -0.4 is 5.32 Å². The SMILES string of the molecule is CCNc1nccn1-c1cc(F)c(F)c(F)c1. The summed E-state index contributed by atoms with van der Waals surface area (Å²) >= 11 is 0. The molecule has 6 heteroatoms. The molecule has 90 valence electrons. The summed E-state index contributed by atoms with van der Waals surface area (Å²) in [6.07, 6.45) is 3.02. The van der Waals surface area contributed by atoms with Gasteiger partial charge in [-0.15, -0.1) is 0 Å². The lowest BCUT2D eigenvalue weighted by Crippen LogP contribution is -2.06. The first-order chi connectivity index (χ1) is 8.13. The van der Waals surface area contributed by atoms with Gasteiger partial charge in [0.2, 0.25) is 5.95 Å². The highest BCUT2D eigenvalue weighted by molar-refractivity contribution is 5.42. The lowest BCUT2D eigenvalue weighted by atomic mass is 10.3. The van der Waals surface area contributed by atoms with E-state index < -0.39 is 17.5 Å². The molecule has 0 aliphatic rings. The molecule has 1 heterocycles. The normalized spacial score (nSPS) is 10.6. The molecule has 17 heavy (non-hydrogen) atoms. The average Bonchev–Trinajstić information content (AvgIpc) is 2.74. The second-order valence-corrected chi connectivity index (χ2v) is 3.37. The van der Waals surface area contributed by atoms with Crippen molar-refractivity contribution in [3.63, 3.8) is 0 Å². The lowest BCUT2D eigenvalue weighted by molar-refractivity contribution is 0.446. The minimum atomic E-state index is -1.47. The summed E-state index contributed by atoms with van der Waals surface area (Å²) in [5.74, 6) is -3.48. The Bertz CT molecular complexity index is 514. The summed E-state index contributed by atoms with van der Waals surface area (Å²) in [4.78, 5) is 3.98. The minimum absolute atomic E-state index is 0.176. The molecular formula is C11H10F3N3. The monoisotopic (exact) mass is 241 g/mol. The zero-order valence-corrected chi connectivity index (χ0v) is 9.04. The third-order valence-electron chi connectivity index (χ3n) is 2.22. The molecule has 3 nitrogen and oxygen atoms in total. The summed E-state index contributed by atoms with van der Waals surface area (Å²) in [5, 5.41) is 2.92. The number of halogens is 3. The van der Waals surface area contributed by atoms with Gasteiger partial charge in [-0.05, 0) is 6.92 Å². The molecule has 0 fully saturated rings. The van der Waals surface area contributed by atoms with E-state index in [0.717, 1.165) is 12.1 Å². The van der Waals surface area contributed by atoms with Crippen LogP contribution in [0.3, 0.4) is 0 Å². The molecule has 1 N–H and O–H groups in total. The molecule has 0 aliphatic heterocycles. The molecular weight excluding hydrogens is 231 g/mol. The smallest absolute Gasteiger partial charge is 0.207 e. The Kier molecular flexibility index (Phi) is 3.03. The van der Waals surface area contributed by atoms with Gasteiger partial charge in [0.1, 0.15) is 0 Å². The van der Waals surface area contributed by atoms with Crippen LogP contribution in [0.15, 0.2) is 24.5 Å². The largest absolute Gasteiger partial charge is 0.356 e. The molecule has 0 aliphatic carbocycles. The highest BCUT2D eigenvalue weighted by Crippen LogP contribution is 2.19. The Balaban J connectivity index is 2.49. The zero-order valence-electron chi connectivity index (χ0n) is 9.04. The highest BCUT2D eigenvalue weighted by Gasteiger charge is 2.13. The first-order valence-corrected chi connectivity index (χ1v) is 5.05.